The van der Waals surface area contributed by atoms with E-state index < -0.39 is 0 Å². The molecule has 1 aromatic rings. The van der Waals surface area contributed by atoms with Crippen molar-refractivity contribution in [3.63, 3.8) is 0 Å². The molecule has 2 unspecified atom stereocenters. The number of nitrogens with zero attached hydrogens (tertiary/aromatic N) is 1. The molecule has 2 heterocycles. The van der Waals surface area contributed by atoms with Crippen molar-refractivity contribution in [2.24, 2.45) is 0 Å². The molecular weight excluding hydrogens is 262 g/mol. The molecule has 3 nitrogen and oxygen atoms in total. The first-order chi connectivity index (χ1) is 9.36. The molecule has 1 fully saturated rings. The predicted molar refractivity (Wildman–Crippen MR) is 75.7 cm³/mol. The van der Waals surface area contributed by atoms with E-state index in [1.54, 1.807) is 0 Å². The van der Waals surface area contributed by atoms with Gasteiger partial charge in [0.1, 0.15) is 0 Å². The average Bonchev–Trinajstić information content (AvgIpc) is 2.48. The normalized spacial score (nSPS) is 28.1. The highest BCUT2D eigenvalue weighted by Crippen LogP contribution is 2.28. The van der Waals surface area contributed by atoms with E-state index in [0.717, 1.165) is 39.3 Å². The third-order valence-corrected chi connectivity index (χ3v) is 4.26. The Bertz CT molecular complexity index is 426. The summed E-state index contributed by atoms with van der Waals surface area (Å²) < 4.78 is 11.6. The molecule has 0 bridgehead atoms. The minimum absolute atomic E-state index is 0.161. The molecule has 19 heavy (non-hydrogen) atoms. The zero-order valence-electron chi connectivity index (χ0n) is 11.1. The van der Waals surface area contributed by atoms with Crippen molar-refractivity contribution in [2.75, 3.05) is 38.7 Å². The minimum Gasteiger partial charge on any atom is -0.374 e. The second-order valence-corrected chi connectivity index (χ2v) is 5.52. The van der Waals surface area contributed by atoms with Gasteiger partial charge in [0.05, 0.1) is 25.4 Å². The molecule has 0 aromatic heterocycles. The highest BCUT2D eigenvalue weighted by Gasteiger charge is 2.26. The summed E-state index contributed by atoms with van der Waals surface area (Å²) in [4.78, 5) is 2.41. The van der Waals surface area contributed by atoms with Crippen molar-refractivity contribution in [3.05, 3.63) is 35.4 Å². The molecule has 2 aliphatic rings. The molecule has 0 N–H and O–H groups in total. The van der Waals surface area contributed by atoms with Gasteiger partial charge in [0.25, 0.3) is 0 Å². The van der Waals surface area contributed by atoms with Gasteiger partial charge in [-0.05, 0) is 17.5 Å². The molecule has 0 radical (unpaired) electrons. The van der Waals surface area contributed by atoms with E-state index in [4.69, 9.17) is 21.1 Å². The Morgan fingerprint density at radius 1 is 1.21 bits per heavy atom. The third-order valence-electron chi connectivity index (χ3n) is 3.91. The first kappa shape index (κ1) is 13.4. The topological polar surface area (TPSA) is 21.7 Å². The SMILES string of the molecule is ClCC1CN(CC2OCCc3ccccc32)CCO1. The molecule has 3 rings (SSSR count). The summed E-state index contributed by atoms with van der Waals surface area (Å²) in [5, 5.41) is 0. The lowest BCUT2D eigenvalue weighted by Gasteiger charge is -2.36. The largest absolute Gasteiger partial charge is 0.374 e. The lowest BCUT2D eigenvalue weighted by molar-refractivity contribution is -0.0462. The zero-order chi connectivity index (χ0) is 13.1. The number of hydrogen-bond donors (Lipinski definition) is 0. The number of morpholine rings is 1. The summed E-state index contributed by atoms with van der Waals surface area (Å²) in [5.74, 6) is 0.568. The average molecular weight is 282 g/mol. The number of halogens is 1. The van der Waals surface area contributed by atoms with Crippen molar-refractivity contribution < 1.29 is 9.47 Å². The Balaban J connectivity index is 1.67. The Morgan fingerprint density at radius 2 is 2.11 bits per heavy atom. The summed E-state index contributed by atoms with van der Waals surface area (Å²) in [6, 6.07) is 8.62. The molecule has 0 aliphatic carbocycles. The van der Waals surface area contributed by atoms with Gasteiger partial charge in [-0.25, -0.2) is 0 Å². The van der Waals surface area contributed by atoms with Crippen molar-refractivity contribution in [1.82, 2.24) is 4.90 Å². The molecule has 1 aromatic carbocycles. The maximum absolute atomic E-state index is 5.96. The van der Waals surface area contributed by atoms with Crippen LogP contribution in [0, 0.1) is 0 Å². The molecule has 2 atom stereocenters. The molecule has 2 aliphatic heterocycles. The van der Waals surface area contributed by atoms with Crippen LogP contribution in [0.25, 0.3) is 0 Å². The van der Waals surface area contributed by atoms with E-state index >= 15 is 0 Å². The Labute approximate surface area is 119 Å². The van der Waals surface area contributed by atoms with Crippen LogP contribution in [0.5, 0.6) is 0 Å². The molecule has 0 spiro atoms. The lowest BCUT2D eigenvalue weighted by atomic mass is 9.97. The van der Waals surface area contributed by atoms with Crippen molar-refractivity contribution in [2.45, 2.75) is 18.6 Å². The fourth-order valence-corrected chi connectivity index (χ4v) is 3.09. The second-order valence-electron chi connectivity index (χ2n) is 5.21. The van der Waals surface area contributed by atoms with Crippen LogP contribution in [0.15, 0.2) is 24.3 Å². The van der Waals surface area contributed by atoms with Crippen LogP contribution >= 0.6 is 11.6 Å². The van der Waals surface area contributed by atoms with Crippen LogP contribution in [-0.2, 0) is 15.9 Å². The summed E-state index contributed by atoms with van der Waals surface area (Å²) in [5.41, 5.74) is 2.78. The van der Waals surface area contributed by atoms with Crippen molar-refractivity contribution in [3.8, 4) is 0 Å². The quantitative estimate of drug-likeness (QED) is 0.793. The minimum atomic E-state index is 0.161. The van der Waals surface area contributed by atoms with E-state index in [1.807, 2.05) is 0 Å². The first-order valence-electron chi connectivity index (χ1n) is 6.96. The van der Waals surface area contributed by atoms with Gasteiger partial charge in [-0.15, -0.1) is 11.6 Å². The van der Waals surface area contributed by atoms with Gasteiger partial charge in [0, 0.05) is 25.5 Å². The number of alkyl halides is 1. The standard InChI is InChI=1S/C15H20ClNO2/c16-9-13-10-17(6-8-18-13)11-15-14-4-2-1-3-12(14)5-7-19-15/h1-4,13,15H,5-11H2. The van der Waals surface area contributed by atoms with E-state index in [2.05, 4.69) is 29.2 Å². The Hall–Kier alpha value is -0.610. The van der Waals surface area contributed by atoms with Crippen LogP contribution in [0.2, 0.25) is 0 Å². The number of benzene rings is 1. The molecule has 0 saturated carbocycles. The number of fused-ring (bicyclic) bond motifs is 1. The fraction of sp³-hybridized carbons (Fsp3) is 0.600. The monoisotopic (exact) mass is 281 g/mol. The molecule has 1 saturated heterocycles. The van der Waals surface area contributed by atoms with Gasteiger partial charge in [-0.1, -0.05) is 24.3 Å². The number of ether oxygens (including phenoxy) is 2. The van der Waals surface area contributed by atoms with Crippen molar-refractivity contribution in [1.29, 1.82) is 0 Å². The van der Waals surface area contributed by atoms with Crippen LogP contribution in [0.4, 0.5) is 0 Å². The van der Waals surface area contributed by atoms with Gasteiger partial charge in [0.2, 0.25) is 0 Å². The van der Waals surface area contributed by atoms with Gasteiger partial charge in [-0.2, -0.15) is 0 Å². The molecular formula is C15H20ClNO2. The van der Waals surface area contributed by atoms with Crippen LogP contribution in [0.1, 0.15) is 17.2 Å². The van der Waals surface area contributed by atoms with Gasteiger partial charge < -0.3 is 9.47 Å². The number of hydrogen-bond acceptors (Lipinski definition) is 3. The maximum Gasteiger partial charge on any atom is 0.0954 e. The van der Waals surface area contributed by atoms with Crippen LogP contribution in [-0.4, -0.2) is 49.7 Å². The summed E-state index contributed by atoms with van der Waals surface area (Å²) in [7, 11) is 0. The molecule has 0 amide bonds. The number of rotatable bonds is 3. The first-order valence-corrected chi connectivity index (χ1v) is 7.49. The van der Waals surface area contributed by atoms with E-state index in [1.165, 1.54) is 11.1 Å². The zero-order valence-corrected chi connectivity index (χ0v) is 11.8. The van der Waals surface area contributed by atoms with Gasteiger partial charge in [0.15, 0.2) is 0 Å². The fourth-order valence-electron chi connectivity index (χ4n) is 2.90. The Morgan fingerprint density at radius 3 is 3.00 bits per heavy atom. The molecule has 104 valence electrons. The second kappa shape index (κ2) is 6.23. The summed E-state index contributed by atoms with van der Waals surface area (Å²) in [6.45, 7) is 4.41. The highest BCUT2D eigenvalue weighted by atomic mass is 35.5. The summed E-state index contributed by atoms with van der Waals surface area (Å²) in [6.07, 6.45) is 1.38. The highest BCUT2D eigenvalue weighted by molar-refractivity contribution is 6.18. The van der Waals surface area contributed by atoms with E-state index in [9.17, 15) is 0 Å². The van der Waals surface area contributed by atoms with Gasteiger partial charge >= 0.3 is 0 Å². The van der Waals surface area contributed by atoms with Gasteiger partial charge in [-0.3, -0.25) is 4.90 Å². The van der Waals surface area contributed by atoms with Crippen LogP contribution < -0.4 is 0 Å². The molecule has 4 heteroatoms. The predicted octanol–water partition coefficient (Wildman–Crippen LogP) is 2.24. The van der Waals surface area contributed by atoms with E-state index in [0.29, 0.717) is 5.88 Å². The maximum atomic E-state index is 5.96. The Kier molecular flexibility index (Phi) is 4.38. The lowest BCUT2D eigenvalue weighted by Crippen LogP contribution is -2.45. The summed E-state index contributed by atoms with van der Waals surface area (Å²) >= 11 is 5.89. The smallest absolute Gasteiger partial charge is 0.0954 e. The van der Waals surface area contributed by atoms with E-state index in [-0.39, 0.29) is 12.2 Å². The third kappa shape index (κ3) is 3.11. The van der Waals surface area contributed by atoms with Crippen LogP contribution in [0.3, 0.4) is 0 Å². The van der Waals surface area contributed by atoms with Crippen molar-refractivity contribution >= 4 is 11.6 Å².